The number of hydrogen-bond acceptors (Lipinski definition) is 6. The molecule has 2 aliphatic heterocycles. The number of imidazole rings is 1. The molecule has 3 aromatic rings. The third kappa shape index (κ3) is 3.27. The van der Waals surface area contributed by atoms with Crippen LogP contribution in [0.5, 0.6) is 0 Å². The van der Waals surface area contributed by atoms with Crippen LogP contribution < -0.4 is 15.9 Å². The molecule has 1 atom stereocenters. The van der Waals surface area contributed by atoms with Gasteiger partial charge in [0.05, 0.1) is 17.2 Å². The van der Waals surface area contributed by atoms with Gasteiger partial charge in [0.15, 0.2) is 5.65 Å². The Morgan fingerprint density at radius 3 is 3.00 bits per heavy atom. The predicted molar refractivity (Wildman–Crippen MR) is 108 cm³/mol. The number of carbonyl (C=O) groups excluding carboxylic acids is 1. The summed E-state index contributed by atoms with van der Waals surface area (Å²) in [6.07, 6.45) is 4.99. The quantitative estimate of drug-likeness (QED) is 0.692. The molecule has 29 heavy (non-hydrogen) atoms. The Hall–Kier alpha value is -3.20. The van der Waals surface area contributed by atoms with E-state index in [1.54, 1.807) is 24.4 Å². The summed E-state index contributed by atoms with van der Waals surface area (Å²) in [4.78, 5) is 38.9. The van der Waals surface area contributed by atoms with Crippen LogP contribution in [0.3, 0.4) is 0 Å². The van der Waals surface area contributed by atoms with Crippen molar-refractivity contribution in [2.75, 3.05) is 31.1 Å². The van der Waals surface area contributed by atoms with Crippen LogP contribution in [0.1, 0.15) is 29.6 Å². The maximum atomic E-state index is 12.6. The third-order valence-corrected chi connectivity index (χ3v) is 5.45. The number of aromatic nitrogens is 4. The van der Waals surface area contributed by atoms with Gasteiger partial charge in [-0.15, -0.1) is 0 Å². The van der Waals surface area contributed by atoms with Crippen LogP contribution in [0.2, 0.25) is 0 Å². The molecule has 9 heteroatoms. The summed E-state index contributed by atoms with van der Waals surface area (Å²) in [7, 11) is 0. The Bertz CT molecular complexity index is 1110. The lowest BCUT2D eigenvalue weighted by Gasteiger charge is -2.30. The van der Waals surface area contributed by atoms with Gasteiger partial charge in [-0.3, -0.25) is 9.78 Å². The monoisotopic (exact) mass is 394 g/mol. The molecule has 0 spiro atoms. The summed E-state index contributed by atoms with van der Waals surface area (Å²) in [5, 5.41) is 2.92. The van der Waals surface area contributed by atoms with Crippen LogP contribution in [0.4, 0.5) is 5.82 Å². The van der Waals surface area contributed by atoms with Crippen LogP contribution in [0, 0.1) is 0 Å². The number of anilines is 1. The maximum absolute atomic E-state index is 12.6. The molecule has 5 rings (SSSR count). The number of H-pyrrole nitrogens is 1. The summed E-state index contributed by atoms with van der Waals surface area (Å²) in [5.74, 6) is 0.883. The molecule has 2 aliphatic rings. The molecule has 1 fully saturated rings. The second-order valence-electron chi connectivity index (χ2n) is 7.37. The number of amides is 1. The lowest BCUT2D eigenvalue weighted by atomic mass is 10.1. The molecular formula is C20H22N6O3. The zero-order chi connectivity index (χ0) is 19.8. The van der Waals surface area contributed by atoms with Crippen molar-refractivity contribution in [3.63, 3.8) is 0 Å². The summed E-state index contributed by atoms with van der Waals surface area (Å²) in [5.41, 5.74) is 1.34. The van der Waals surface area contributed by atoms with Gasteiger partial charge in [0.1, 0.15) is 11.6 Å². The van der Waals surface area contributed by atoms with Crippen molar-refractivity contribution in [1.29, 1.82) is 0 Å². The van der Waals surface area contributed by atoms with E-state index in [-0.39, 0.29) is 17.7 Å². The van der Waals surface area contributed by atoms with Gasteiger partial charge in [0.25, 0.3) is 5.91 Å². The van der Waals surface area contributed by atoms with E-state index in [1.165, 1.54) is 4.57 Å². The number of nitrogens with zero attached hydrogens (tertiary/aromatic N) is 4. The van der Waals surface area contributed by atoms with Crippen molar-refractivity contribution in [3.05, 3.63) is 46.5 Å². The minimum absolute atomic E-state index is 0.121. The highest BCUT2D eigenvalue weighted by Crippen LogP contribution is 2.25. The van der Waals surface area contributed by atoms with E-state index in [4.69, 9.17) is 9.72 Å². The van der Waals surface area contributed by atoms with Crippen molar-refractivity contribution in [3.8, 4) is 5.82 Å². The van der Waals surface area contributed by atoms with Crippen LogP contribution in [0.25, 0.3) is 17.0 Å². The molecule has 0 aromatic carbocycles. The van der Waals surface area contributed by atoms with Gasteiger partial charge in [-0.1, -0.05) is 0 Å². The minimum Gasteiger partial charge on any atom is -0.376 e. The Morgan fingerprint density at radius 2 is 2.14 bits per heavy atom. The van der Waals surface area contributed by atoms with E-state index in [1.807, 2.05) is 6.07 Å². The van der Waals surface area contributed by atoms with Gasteiger partial charge in [0, 0.05) is 32.4 Å². The first kappa shape index (κ1) is 17.9. The van der Waals surface area contributed by atoms with E-state index in [0.717, 1.165) is 25.9 Å². The number of pyridine rings is 2. The van der Waals surface area contributed by atoms with E-state index >= 15 is 0 Å². The summed E-state index contributed by atoms with van der Waals surface area (Å²) in [6, 6.07) is 7.01. The highest BCUT2D eigenvalue weighted by atomic mass is 16.5. The van der Waals surface area contributed by atoms with Crippen molar-refractivity contribution in [1.82, 2.24) is 24.8 Å². The Balaban J connectivity index is 1.59. The first-order chi connectivity index (χ1) is 14.2. The summed E-state index contributed by atoms with van der Waals surface area (Å²) in [6.45, 7) is 2.62. The fourth-order valence-electron chi connectivity index (χ4n) is 4.03. The van der Waals surface area contributed by atoms with E-state index in [0.29, 0.717) is 48.0 Å². The van der Waals surface area contributed by atoms with Crippen molar-refractivity contribution in [2.45, 2.75) is 25.4 Å². The summed E-state index contributed by atoms with van der Waals surface area (Å²) >= 11 is 0. The first-order valence-electron chi connectivity index (χ1n) is 9.92. The standard InChI is InChI=1S/C20H22N6O3/c27-19-14-6-7-16(26-15-5-3-8-21-17(15)24-20(26)28)23-18(14)25(10-9-22-19)12-13-4-1-2-11-29-13/h3,5-8,13H,1-2,4,9-12H2,(H,22,27)(H,21,24,28)/t13-/m1/s1. The van der Waals surface area contributed by atoms with Crippen molar-refractivity contribution < 1.29 is 9.53 Å². The molecule has 0 radical (unpaired) electrons. The van der Waals surface area contributed by atoms with E-state index in [2.05, 4.69) is 20.2 Å². The van der Waals surface area contributed by atoms with E-state index < -0.39 is 0 Å². The average molecular weight is 394 g/mol. The van der Waals surface area contributed by atoms with Crippen molar-refractivity contribution >= 4 is 22.9 Å². The van der Waals surface area contributed by atoms with Crippen molar-refractivity contribution in [2.24, 2.45) is 0 Å². The molecule has 2 N–H and O–H groups in total. The van der Waals surface area contributed by atoms with Gasteiger partial charge < -0.3 is 15.0 Å². The number of aromatic amines is 1. The maximum Gasteiger partial charge on any atom is 0.333 e. The SMILES string of the molecule is O=C1NCCN(C[C@H]2CCCCO2)c2nc(-n3c(=O)[nH]c4ncccc43)ccc21. The Labute approximate surface area is 166 Å². The average Bonchev–Trinajstić information content (AvgIpc) is 3.00. The number of carbonyl (C=O) groups is 1. The number of nitrogens with one attached hydrogen (secondary N) is 2. The normalized spacial score (nSPS) is 19.7. The molecule has 0 bridgehead atoms. The lowest BCUT2D eigenvalue weighted by Crippen LogP contribution is -2.38. The molecular weight excluding hydrogens is 372 g/mol. The smallest absolute Gasteiger partial charge is 0.333 e. The minimum atomic E-state index is -0.314. The number of rotatable bonds is 3. The second-order valence-corrected chi connectivity index (χ2v) is 7.37. The molecule has 9 nitrogen and oxygen atoms in total. The van der Waals surface area contributed by atoms with Gasteiger partial charge >= 0.3 is 5.69 Å². The Kier molecular flexibility index (Phi) is 4.51. The molecule has 3 aromatic heterocycles. The Morgan fingerprint density at radius 1 is 1.21 bits per heavy atom. The lowest BCUT2D eigenvalue weighted by molar-refractivity contribution is 0.0210. The largest absolute Gasteiger partial charge is 0.376 e. The van der Waals surface area contributed by atoms with Crippen LogP contribution >= 0.6 is 0 Å². The predicted octanol–water partition coefficient (Wildman–Crippen LogP) is 1.23. The number of hydrogen-bond donors (Lipinski definition) is 2. The number of fused-ring (bicyclic) bond motifs is 2. The van der Waals surface area contributed by atoms with E-state index in [9.17, 15) is 9.59 Å². The zero-order valence-electron chi connectivity index (χ0n) is 15.9. The molecule has 0 saturated carbocycles. The van der Waals surface area contributed by atoms with Gasteiger partial charge in [0.2, 0.25) is 0 Å². The molecule has 1 amide bonds. The molecule has 0 aliphatic carbocycles. The molecule has 5 heterocycles. The number of ether oxygens (including phenoxy) is 1. The molecule has 0 unspecified atom stereocenters. The fourth-order valence-corrected chi connectivity index (χ4v) is 4.03. The van der Waals surface area contributed by atoms with Crippen LogP contribution in [-0.2, 0) is 4.74 Å². The zero-order valence-corrected chi connectivity index (χ0v) is 15.9. The highest BCUT2D eigenvalue weighted by molar-refractivity contribution is 5.99. The third-order valence-electron chi connectivity index (χ3n) is 5.45. The topological polar surface area (TPSA) is 105 Å². The van der Waals surface area contributed by atoms with Gasteiger partial charge in [-0.05, 0) is 43.5 Å². The molecule has 150 valence electrons. The summed E-state index contributed by atoms with van der Waals surface area (Å²) < 4.78 is 7.39. The van der Waals surface area contributed by atoms with Gasteiger partial charge in [-0.2, -0.15) is 0 Å². The fraction of sp³-hybridized carbons (Fsp3) is 0.400. The molecule has 1 saturated heterocycles. The highest BCUT2D eigenvalue weighted by Gasteiger charge is 2.26. The van der Waals surface area contributed by atoms with Gasteiger partial charge in [-0.25, -0.2) is 19.3 Å². The van der Waals surface area contributed by atoms with Crippen LogP contribution in [0.15, 0.2) is 35.3 Å². The first-order valence-corrected chi connectivity index (χ1v) is 9.92. The second kappa shape index (κ2) is 7.32. The van der Waals surface area contributed by atoms with Crippen LogP contribution in [-0.4, -0.2) is 57.8 Å².